The van der Waals surface area contributed by atoms with Crippen LogP contribution in [-0.2, 0) is 0 Å². The van der Waals surface area contributed by atoms with Crippen molar-refractivity contribution in [2.24, 2.45) is 0 Å². The average molecular weight is 238 g/mol. The molecule has 88 valence electrons. The van der Waals surface area contributed by atoms with E-state index in [9.17, 15) is 4.79 Å². The summed E-state index contributed by atoms with van der Waals surface area (Å²) in [4.78, 5) is 11.1. The Morgan fingerprint density at radius 3 is 1.94 bits per heavy atom. The maximum absolute atomic E-state index is 11.1. The molecule has 4 heteroatoms. The Morgan fingerprint density at radius 2 is 1.50 bits per heavy atom. The fourth-order valence-corrected chi connectivity index (χ4v) is 1.62. The summed E-state index contributed by atoms with van der Waals surface area (Å²) in [6.45, 7) is 0. The largest absolute Gasteiger partial charge is 0.288 e. The molecule has 2 N–H and O–H groups in total. The van der Waals surface area contributed by atoms with Crippen LogP contribution in [-0.4, -0.2) is 11.1 Å². The maximum Gasteiger partial charge on any atom is 0.274 e. The summed E-state index contributed by atoms with van der Waals surface area (Å²) >= 11 is 0. The lowest BCUT2D eigenvalue weighted by Crippen LogP contribution is -2.18. The maximum atomic E-state index is 11.1. The van der Waals surface area contributed by atoms with E-state index in [0.29, 0.717) is 11.1 Å². The molecular formula is C14H10N2O2. The minimum absolute atomic E-state index is 0.384. The van der Waals surface area contributed by atoms with Crippen LogP contribution in [0.25, 0.3) is 11.1 Å². The second kappa shape index (κ2) is 5.13. The zero-order valence-corrected chi connectivity index (χ0v) is 9.42. The summed E-state index contributed by atoms with van der Waals surface area (Å²) in [5.41, 5.74) is 4.47. The van der Waals surface area contributed by atoms with Crippen molar-refractivity contribution >= 4 is 5.91 Å². The van der Waals surface area contributed by atoms with Crippen molar-refractivity contribution in [3.63, 3.8) is 0 Å². The van der Waals surface area contributed by atoms with Gasteiger partial charge in [0.1, 0.15) is 0 Å². The second-order valence-corrected chi connectivity index (χ2v) is 3.71. The van der Waals surface area contributed by atoms with E-state index in [1.54, 1.807) is 41.9 Å². The van der Waals surface area contributed by atoms with Crippen LogP contribution in [0.3, 0.4) is 0 Å². The molecular weight excluding hydrogens is 228 g/mol. The first-order valence-corrected chi connectivity index (χ1v) is 5.29. The monoisotopic (exact) mass is 238 g/mol. The fourth-order valence-electron chi connectivity index (χ4n) is 1.62. The van der Waals surface area contributed by atoms with Gasteiger partial charge in [-0.25, -0.2) is 5.48 Å². The minimum Gasteiger partial charge on any atom is -0.288 e. The van der Waals surface area contributed by atoms with Crippen molar-refractivity contribution in [1.29, 1.82) is 5.26 Å². The molecule has 2 aromatic carbocycles. The van der Waals surface area contributed by atoms with Crippen LogP contribution in [0.5, 0.6) is 0 Å². The molecule has 0 aliphatic rings. The lowest BCUT2D eigenvalue weighted by atomic mass is 10.0. The highest BCUT2D eigenvalue weighted by molar-refractivity contribution is 5.93. The Morgan fingerprint density at radius 1 is 1.00 bits per heavy atom. The number of benzene rings is 2. The van der Waals surface area contributed by atoms with Crippen LogP contribution in [0, 0.1) is 11.3 Å². The van der Waals surface area contributed by atoms with Gasteiger partial charge in [-0.3, -0.25) is 10.0 Å². The van der Waals surface area contributed by atoms with Crippen LogP contribution < -0.4 is 5.48 Å². The van der Waals surface area contributed by atoms with E-state index in [0.717, 1.165) is 11.1 Å². The highest BCUT2D eigenvalue weighted by Crippen LogP contribution is 2.20. The van der Waals surface area contributed by atoms with Crippen LogP contribution in [0.1, 0.15) is 15.9 Å². The third kappa shape index (κ3) is 2.37. The first kappa shape index (κ1) is 11.8. The molecule has 0 heterocycles. The van der Waals surface area contributed by atoms with Gasteiger partial charge in [0.05, 0.1) is 11.6 Å². The Balaban J connectivity index is 2.29. The average Bonchev–Trinajstić information content (AvgIpc) is 2.47. The molecule has 0 fully saturated rings. The summed E-state index contributed by atoms with van der Waals surface area (Å²) in [6.07, 6.45) is 0. The predicted octanol–water partition coefficient (Wildman–Crippen LogP) is 2.34. The van der Waals surface area contributed by atoms with E-state index < -0.39 is 5.91 Å². The van der Waals surface area contributed by atoms with Gasteiger partial charge in [0, 0.05) is 5.56 Å². The minimum atomic E-state index is -0.540. The van der Waals surface area contributed by atoms with Crippen LogP contribution in [0.15, 0.2) is 48.5 Å². The van der Waals surface area contributed by atoms with E-state index in [1.807, 2.05) is 12.1 Å². The van der Waals surface area contributed by atoms with Crippen molar-refractivity contribution in [3.8, 4) is 17.2 Å². The number of nitrogens with one attached hydrogen (secondary N) is 1. The normalized spacial score (nSPS) is 9.56. The first-order valence-electron chi connectivity index (χ1n) is 5.29. The fraction of sp³-hybridized carbons (Fsp3) is 0. The summed E-state index contributed by atoms with van der Waals surface area (Å²) in [5.74, 6) is -0.540. The summed E-state index contributed by atoms with van der Waals surface area (Å²) in [6, 6.07) is 16.0. The number of nitrogens with zero attached hydrogens (tertiary/aromatic N) is 1. The molecule has 0 spiro atoms. The molecule has 0 saturated carbocycles. The Bertz CT molecular complexity index is 595. The van der Waals surface area contributed by atoms with Gasteiger partial charge in [0.25, 0.3) is 5.91 Å². The number of hydrogen-bond acceptors (Lipinski definition) is 3. The molecule has 1 amide bonds. The molecule has 18 heavy (non-hydrogen) atoms. The lowest BCUT2D eigenvalue weighted by molar-refractivity contribution is 0.0706. The van der Waals surface area contributed by atoms with E-state index in [4.69, 9.17) is 10.5 Å². The van der Waals surface area contributed by atoms with Gasteiger partial charge in [0.15, 0.2) is 0 Å². The first-order chi connectivity index (χ1) is 8.74. The number of carbonyl (C=O) groups excluding carboxylic acids is 1. The molecule has 0 aromatic heterocycles. The van der Waals surface area contributed by atoms with E-state index in [2.05, 4.69) is 6.07 Å². The zero-order valence-electron chi connectivity index (χ0n) is 9.42. The Hall–Kier alpha value is -2.64. The quantitative estimate of drug-likeness (QED) is 0.623. The van der Waals surface area contributed by atoms with Crippen LogP contribution >= 0.6 is 0 Å². The number of amides is 1. The van der Waals surface area contributed by atoms with Crippen molar-refractivity contribution in [3.05, 3.63) is 59.7 Å². The molecule has 4 nitrogen and oxygen atoms in total. The van der Waals surface area contributed by atoms with Gasteiger partial charge in [-0.1, -0.05) is 24.3 Å². The molecule has 2 aromatic rings. The summed E-state index contributed by atoms with van der Waals surface area (Å²) < 4.78 is 0. The molecule has 0 bridgehead atoms. The van der Waals surface area contributed by atoms with Gasteiger partial charge in [0.2, 0.25) is 0 Å². The molecule has 0 unspecified atom stereocenters. The summed E-state index contributed by atoms with van der Waals surface area (Å²) in [5, 5.41) is 17.2. The molecule has 0 radical (unpaired) electrons. The predicted molar refractivity (Wildman–Crippen MR) is 65.8 cm³/mol. The topological polar surface area (TPSA) is 73.1 Å². The third-order valence-corrected chi connectivity index (χ3v) is 2.60. The van der Waals surface area contributed by atoms with Crippen LogP contribution in [0.4, 0.5) is 0 Å². The number of hydrogen-bond donors (Lipinski definition) is 2. The standard InChI is InChI=1S/C14H10N2O2/c15-9-10-1-3-11(4-2-10)12-5-7-13(8-6-12)14(17)16-18/h1-8,18H,(H,16,17). The SMILES string of the molecule is N#Cc1ccc(-c2ccc(C(=O)NO)cc2)cc1. The Kier molecular flexibility index (Phi) is 3.37. The van der Waals surface area contributed by atoms with Gasteiger partial charge < -0.3 is 0 Å². The van der Waals surface area contributed by atoms with Crippen molar-refractivity contribution < 1.29 is 10.0 Å². The highest BCUT2D eigenvalue weighted by Gasteiger charge is 2.04. The van der Waals surface area contributed by atoms with Crippen LogP contribution in [0.2, 0.25) is 0 Å². The van der Waals surface area contributed by atoms with Gasteiger partial charge in [-0.05, 0) is 35.4 Å². The number of rotatable bonds is 2. The molecule has 0 aliphatic carbocycles. The summed E-state index contributed by atoms with van der Waals surface area (Å²) in [7, 11) is 0. The smallest absolute Gasteiger partial charge is 0.274 e. The van der Waals surface area contributed by atoms with Gasteiger partial charge in [-0.2, -0.15) is 5.26 Å². The zero-order chi connectivity index (χ0) is 13.0. The van der Waals surface area contributed by atoms with E-state index >= 15 is 0 Å². The third-order valence-electron chi connectivity index (χ3n) is 2.60. The van der Waals surface area contributed by atoms with E-state index in [1.165, 1.54) is 0 Å². The number of carbonyl (C=O) groups is 1. The van der Waals surface area contributed by atoms with Crippen molar-refractivity contribution in [2.75, 3.05) is 0 Å². The molecule has 2 rings (SSSR count). The Labute approximate surface area is 104 Å². The van der Waals surface area contributed by atoms with Crippen molar-refractivity contribution in [2.45, 2.75) is 0 Å². The van der Waals surface area contributed by atoms with E-state index in [-0.39, 0.29) is 0 Å². The molecule has 0 aliphatic heterocycles. The molecule has 0 atom stereocenters. The van der Waals surface area contributed by atoms with Crippen molar-refractivity contribution in [1.82, 2.24) is 5.48 Å². The number of nitriles is 1. The lowest BCUT2D eigenvalue weighted by Gasteiger charge is -2.03. The van der Waals surface area contributed by atoms with Gasteiger partial charge >= 0.3 is 0 Å². The second-order valence-electron chi connectivity index (χ2n) is 3.71. The molecule has 0 saturated heterocycles. The highest BCUT2D eigenvalue weighted by atomic mass is 16.5. The van der Waals surface area contributed by atoms with Gasteiger partial charge in [-0.15, -0.1) is 0 Å². The number of hydroxylamine groups is 1.